The van der Waals surface area contributed by atoms with Crippen molar-refractivity contribution in [3.05, 3.63) is 35.9 Å². The van der Waals surface area contributed by atoms with Crippen LogP contribution in [0, 0.1) is 0 Å². The van der Waals surface area contributed by atoms with Gasteiger partial charge in [0.2, 0.25) is 0 Å². The summed E-state index contributed by atoms with van der Waals surface area (Å²) < 4.78 is 11.8. The third-order valence-electron chi connectivity index (χ3n) is 7.11. The quantitative estimate of drug-likeness (QED) is 0.813. The van der Waals surface area contributed by atoms with Crippen LogP contribution >= 0.6 is 0 Å². The fourth-order valence-electron chi connectivity index (χ4n) is 6.14. The lowest BCUT2D eigenvalue weighted by Gasteiger charge is -2.63. The van der Waals surface area contributed by atoms with Crippen LogP contribution in [0.1, 0.15) is 30.4 Å². The van der Waals surface area contributed by atoms with Gasteiger partial charge >= 0.3 is 0 Å². The first-order chi connectivity index (χ1) is 12.1. The zero-order chi connectivity index (χ0) is 17.4. The second-order valence-electron chi connectivity index (χ2n) is 7.92. The average molecular weight is 343 g/mol. The normalized spacial score (nSPS) is 41.0. The zero-order valence-electron chi connectivity index (χ0n) is 14.6. The van der Waals surface area contributed by atoms with E-state index in [2.05, 4.69) is 17.5 Å². The molecular formula is C20H25NO4. The molecule has 5 nitrogen and oxygen atoms in total. The number of hydrogen-bond donors (Lipinski definition) is 2. The van der Waals surface area contributed by atoms with E-state index in [4.69, 9.17) is 9.47 Å². The highest BCUT2D eigenvalue weighted by molar-refractivity contribution is 5.62. The predicted molar refractivity (Wildman–Crippen MR) is 93.2 cm³/mol. The van der Waals surface area contributed by atoms with Crippen LogP contribution in [-0.4, -0.2) is 59.2 Å². The van der Waals surface area contributed by atoms with E-state index < -0.39 is 23.2 Å². The van der Waals surface area contributed by atoms with E-state index in [-0.39, 0.29) is 6.04 Å². The molecule has 2 aliphatic heterocycles. The Labute approximate surface area is 147 Å². The SMILES string of the molecule is C=CCN1CC[C@@]23c4c5ccc(OC)c4OC2[C@H](O)CC[C@]3(O)[C@@H]1C5. The van der Waals surface area contributed by atoms with Crippen LogP contribution in [-0.2, 0) is 11.8 Å². The van der Waals surface area contributed by atoms with Crippen LogP contribution in [0.15, 0.2) is 24.8 Å². The molecule has 1 spiro atoms. The Morgan fingerprint density at radius 2 is 2.28 bits per heavy atom. The van der Waals surface area contributed by atoms with Crippen LogP contribution in [0.2, 0.25) is 0 Å². The summed E-state index contributed by atoms with van der Waals surface area (Å²) in [6.45, 7) is 5.54. The molecule has 0 amide bonds. The molecule has 0 radical (unpaired) electrons. The summed E-state index contributed by atoms with van der Waals surface area (Å²) in [5.74, 6) is 1.43. The monoisotopic (exact) mass is 343 g/mol. The highest BCUT2D eigenvalue weighted by Gasteiger charge is 2.72. The first-order valence-corrected chi connectivity index (χ1v) is 9.19. The minimum absolute atomic E-state index is 0.0321. The molecule has 1 unspecified atom stereocenters. The number of likely N-dealkylation sites (tertiary alicyclic amines) is 1. The van der Waals surface area contributed by atoms with E-state index >= 15 is 0 Å². The number of hydrogen-bond acceptors (Lipinski definition) is 5. The number of aliphatic hydroxyl groups is 2. The molecule has 2 heterocycles. The molecule has 5 rings (SSSR count). The summed E-state index contributed by atoms with van der Waals surface area (Å²) in [6, 6.07) is 4.09. The second-order valence-corrected chi connectivity index (χ2v) is 7.92. The first-order valence-electron chi connectivity index (χ1n) is 9.19. The van der Waals surface area contributed by atoms with Crippen LogP contribution in [0.4, 0.5) is 0 Å². The predicted octanol–water partition coefficient (Wildman–Crippen LogP) is 1.40. The van der Waals surface area contributed by atoms with Crippen LogP contribution < -0.4 is 9.47 Å². The summed E-state index contributed by atoms with van der Waals surface area (Å²) in [6.07, 6.45) is 3.69. The topological polar surface area (TPSA) is 62.2 Å². The van der Waals surface area contributed by atoms with E-state index in [0.29, 0.717) is 18.6 Å². The number of rotatable bonds is 3. The summed E-state index contributed by atoms with van der Waals surface area (Å²) in [5.41, 5.74) is 0.885. The average Bonchev–Trinajstić information content (AvgIpc) is 2.96. The Hall–Kier alpha value is -1.56. The number of ether oxygens (including phenoxy) is 2. The van der Waals surface area contributed by atoms with Crippen molar-refractivity contribution >= 4 is 0 Å². The number of aliphatic hydroxyl groups excluding tert-OH is 1. The molecule has 2 bridgehead atoms. The molecule has 4 aliphatic rings. The van der Waals surface area contributed by atoms with Gasteiger partial charge in [-0.3, -0.25) is 4.90 Å². The van der Waals surface area contributed by atoms with Gasteiger partial charge in [-0.15, -0.1) is 6.58 Å². The largest absolute Gasteiger partial charge is 0.493 e. The lowest BCUT2D eigenvalue weighted by atomic mass is 9.48. The lowest BCUT2D eigenvalue weighted by Crippen LogP contribution is -2.77. The molecule has 2 fully saturated rings. The molecule has 2 N–H and O–H groups in total. The van der Waals surface area contributed by atoms with Gasteiger partial charge in [-0.2, -0.15) is 0 Å². The van der Waals surface area contributed by atoms with E-state index in [0.717, 1.165) is 37.2 Å². The smallest absolute Gasteiger partial charge is 0.166 e. The Morgan fingerprint density at radius 3 is 3.04 bits per heavy atom. The maximum Gasteiger partial charge on any atom is 0.166 e. The molecule has 134 valence electrons. The molecule has 1 aromatic rings. The fraction of sp³-hybridized carbons (Fsp3) is 0.600. The molecule has 1 saturated carbocycles. The van der Waals surface area contributed by atoms with Crippen molar-refractivity contribution in [3.63, 3.8) is 0 Å². The number of nitrogens with zero attached hydrogens (tertiary/aromatic N) is 1. The van der Waals surface area contributed by atoms with Gasteiger partial charge in [-0.25, -0.2) is 0 Å². The third kappa shape index (κ3) is 1.65. The number of methoxy groups -OCH3 is 1. The standard InChI is InChI=1S/C20H25NO4/c1-3-9-21-10-8-19-16-12-4-5-14(24-2)17(16)25-18(19)13(22)6-7-20(19,23)15(21)11-12/h3-5,13,15,18,22-23H,1,6-11H2,2H3/t13-,15+,18?,19-,20+/m1/s1. The van der Waals surface area contributed by atoms with Gasteiger partial charge in [-0.05, 0) is 43.9 Å². The van der Waals surface area contributed by atoms with Gasteiger partial charge in [0.25, 0.3) is 0 Å². The summed E-state index contributed by atoms with van der Waals surface area (Å²) in [4.78, 5) is 2.35. The van der Waals surface area contributed by atoms with Gasteiger partial charge < -0.3 is 19.7 Å². The van der Waals surface area contributed by atoms with Crippen LogP contribution in [0.25, 0.3) is 0 Å². The number of piperidine rings is 1. The molecule has 1 aromatic carbocycles. The van der Waals surface area contributed by atoms with Crippen molar-refractivity contribution < 1.29 is 19.7 Å². The Morgan fingerprint density at radius 1 is 1.44 bits per heavy atom. The Balaban J connectivity index is 1.77. The van der Waals surface area contributed by atoms with Gasteiger partial charge in [0.05, 0.1) is 24.2 Å². The second kappa shape index (κ2) is 5.00. The van der Waals surface area contributed by atoms with Crippen LogP contribution in [0.3, 0.4) is 0 Å². The molecule has 2 aliphatic carbocycles. The number of benzene rings is 1. The van der Waals surface area contributed by atoms with Crippen molar-refractivity contribution in [3.8, 4) is 11.5 Å². The molecule has 1 saturated heterocycles. The minimum Gasteiger partial charge on any atom is -0.493 e. The van der Waals surface area contributed by atoms with Crippen LogP contribution in [0.5, 0.6) is 11.5 Å². The highest BCUT2D eigenvalue weighted by Crippen LogP contribution is 2.65. The van der Waals surface area contributed by atoms with Gasteiger partial charge in [0, 0.05) is 18.2 Å². The van der Waals surface area contributed by atoms with E-state index in [9.17, 15) is 10.2 Å². The summed E-state index contributed by atoms with van der Waals surface area (Å²) >= 11 is 0. The Bertz CT molecular complexity index is 749. The fourth-order valence-corrected chi connectivity index (χ4v) is 6.14. The van der Waals surface area contributed by atoms with E-state index in [1.807, 2.05) is 12.1 Å². The maximum atomic E-state index is 12.0. The zero-order valence-corrected chi connectivity index (χ0v) is 14.6. The first kappa shape index (κ1) is 15.7. The minimum atomic E-state index is -0.886. The summed E-state index contributed by atoms with van der Waals surface area (Å²) in [7, 11) is 1.64. The van der Waals surface area contributed by atoms with Gasteiger partial charge in [-0.1, -0.05) is 12.1 Å². The van der Waals surface area contributed by atoms with Gasteiger partial charge in [0.1, 0.15) is 6.10 Å². The Kier molecular flexibility index (Phi) is 3.13. The maximum absolute atomic E-state index is 12.0. The highest BCUT2D eigenvalue weighted by atomic mass is 16.5. The summed E-state index contributed by atoms with van der Waals surface area (Å²) in [5, 5.41) is 22.7. The molecule has 5 atom stereocenters. The molecule has 25 heavy (non-hydrogen) atoms. The third-order valence-corrected chi connectivity index (χ3v) is 7.11. The van der Waals surface area contributed by atoms with Crippen molar-refractivity contribution in [2.24, 2.45) is 0 Å². The van der Waals surface area contributed by atoms with Crippen molar-refractivity contribution in [1.82, 2.24) is 4.90 Å². The van der Waals surface area contributed by atoms with Crippen molar-refractivity contribution in [1.29, 1.82) is 0 Å². The van der Waals surface area contributed by atoms with Gasteiger partial charge in [0.15, 0.2) is 11.5 Å². The molecular weight excluding hydrogens is 318 g/mol. The van der Waals surface area contributed by atoms with Crippen molar-refractivity contribution in [2.75, 3.05) is 20.2 Å². The van der Waals surface area contributed by atoms with E-state index in [1.54, 1.807) is 7.11 Å². The van der Waals surface area contributed by atoms with E-state index in [1.165, 1.54) is 5.56 Å². The molecule has 0 aromatic heterocycles. The lowest BCUT2D eigenvalue weighted by molar-refractivity contribution is -0.206. The molecule has 5 heteroatoms. The van der Waals surface area contributed by atoms with Crippen molar-refractivity contribution in [2.45, 2.75) is 54.9 Å².